The zero-order valence-corrected chi connectivity index (χ0v) is 14.5. The highest BCUT2D eigenvalue weighted by atomic mass is 16.5. The van der Waals surface area contributed by atoms with Crippen molar-refractivity contribution in [3.8, 4) is 0 Å². The summed E-state index contributed by atoms with van der Waals surface area (Å²) >= 11 is 0. The molecule has 0 spiro atoms. The Hall–Kier alpha value is -0.900. The molecule has 4 bridgehead atoms. The molecule has 1 saturated heterocycles. The second-order valence-corrected chi connectivity index (χ2v) is 7.60. The number of rotatable bonds is 8. The van der Waals surface area contributed by atoms with Crippen LogP contribution in [-0.2, 0) is 19.1 Å². The van der Waals surface area contributed by atoms with Gasteiger partial charge >= 0.3 is 5.97 Å². The van der Waals surface area contributed by atoms with Crippen molar-refractivity contribution in [3.63, 3.8) is 0 Å². The monoisotopic (exact) mass is 322 g/mol. The Morgan fingerprint density at radius 2 is 2.00 bits per heavy atom. The fourth-order valence-electron chi connectivity index (χ4n) is 4.98. The van der Waals surface area contributed by atoms with Gasteiger partial charge in [0.1, 0.15) is 6.10 Å². The van der Waals surface area contributed by atoms with Crippen molar-refractivity contribution in [2.24, 2.45) is 23.7 Å². The molecule has 1 heterocycles. The fraction of sp³-hybridized carbons (Fsp3) is 0.895. The molecule has 23 heavy (non-hydrogen) atoms. The average Bonchev–Trinajstić information content (AvgIpc) is 2.82. The molecule has 4 rings (SSSR count). The second-order valence-electron chi connectivity index (χ2n) is 7.60. The van der Waals surface area contributed by atoms with Gasteiger partial charge in [0.05, 0.1) is 18.6 Å². The number of ketones is 1. The van der Waals surface area contributed by atoms with Gasteiger partial charge in [0.25, 0.3) is 0 Å². The number of ether oxygens (including phenoxy) is 2. The first kappa shape index (κ1) is 16.9. The number of esters is 1. The molecule has 6 atom stereocenters. The van der Waals surface area contributed by atoms with Crippen LogP contribution < -0.4 is 0 Å². The Balaban J connectivity index is 1.61. The highest BCUT2D eigenvalue weighted by molar-refractivity contribution is 5.88. The summed E-state index contributed by atoms with van der Waals surface area (Å²) in [6, 6.07) is 0. The molecule has 130 valence electrons. The van der Waals surface area contributed by atoms with Gasteiger partial charge < -0.3 is 9.47 Å². The van der Waals surface area contributed by atoms with Gasteiger partial charge in [-0.3, -0.25) is 9.59 Å². The molecule has 4 nitrogen and oxygen atoms in total. The Morgan fingerprint density at radius 3 is 2.65 bits per heavy atom. The minimum Gasteiger partial charge on any atom is -0.466 e. The summed E-state index contributed by atoms with van der Waals surface area (Å²) in [5, 5.41) is 0. The van der Waals surface area contributed by atoms with Crippen molar-refractivity contribution >= 4 is 11.8 Å². The Morgan fingerprint density at radius 1 is 1.17 bits per heavy atom. The Labute approximate surface area is 139 Å². The summed E-state index contributed by atoms with van der Waals surface area (Å²) in [4.78, 5) is 25.0. The SMILES string of the molecule is CCCCC(CC(=O)C1OC2CC3CCC2C1C3)C(=O)OCC. The van der Waals surface area contributed by atoms with Crippen LogP contribution in [-0.4, -0.2) is 30.6 Å². The molecule has 4 aliphatic rings. The van der Waals surface area contributed by atoms with E-state index in [0.29, 0.717) is 31.0 Å². The van der Waals surface area contributed by atoms with Crippen molar-refractivity contribution in [1.82, 2.24) is 0 Å². The molecule has 1 aliphatic heterocycles. The fourth-order valence-corrected chi connectivity index (χ4v) is 4.98. The zero-order valence-electron chi connectivity index (χ0n) is 14.5. The molecule has 6 unspecified atom stereocenters. The topological polar surface area (TPSA) is 52.6 Å². The van der Waals surface area contributed by atoms with E-state index in [2.05, 4.69) is 6.92 Å². The quantitative estimate of drug-likeness (QED) is 0.642. The van der Waals surface area contributed by atoms with E-state index in [0.717, 1.165) is 38.0 Å². The predicted molar refractivity (Wildman–Crippen MR) is 86.9 cm³/mol. The summed E-state index contributed by atoms with van der Waals surface area (Å²) < 4.78 is 11.3. The first-order valence-electron chi connectivity index (χ1n) is 9.48. The van der Waals surface area contributed by atoms with Gasteiger partial charge in [0.15, 0.2) is 5.78 Å². The third kappa shape index (κ3) is 3.47. The number of hydrogen-bond donors (Lipinski definition) is 0. The van der Waals surface area contributed by atoms with E-state index in [1.165, 1.54) is 12.8 Å². The molecule has 3 aliphatic carbocycles. The van der Waals surface area contributed by atoms with E-state index in [4.69, 9.17) is 9.47 Å². The van der Waals surface area contributed by atoms with Gasteiger partial charge in [0, 0.05) is 6.42 Å². The summed E-state index contributed by atoms with van der Waals surface area (Å²) in [6.45, 7) is 4.30. The highest BCUT2D eigenvalue weighted by Crippen LogP contribution is 2.53. The maximum absolute atomic E-state index is 12.8. The first-order chi connectivity index (χ1) is 11.1. The molecule has 3 saturated carbocycles. The molecule has 4 fully saturated rings. The van der Waals surface area contributed by atoms with Gasteiger partial charge in [0.2, 0.25) is 0 Å². The minimum atomic E-state index is -0.288. The van der Waals surface area contributed by atoms with Crippen LogP contribution in [0.4, 0.5) is 0 Å². The molecule has 0 aromatic rings. The lowest BCUT2D eigenvalue weighted by Gasteiger charge is -2.40. The Bertz CT molecular complexity index is 447. The molecule has 0 radical (unpaired) electrons. The molecule has 0 aromatic heterocycles. The molecular formula is C19H30O4. The van der Waals surface area contributed by atoms with E-state index in [1.54, 1.807) is 0 Å². The van der Waals surface area contributed by atoms with Crippen LogP contribution in [0, 0.1) is 23.7 Å². The lowest BCUT2D eigenvalue weighted by Crippen LogP contribution is -2.38. The van der Waals surface area contributed by atoms with Crippen LogP contribution in [0.1, 0.15) is 65.2 Å². The van der Waals surface area contributed by atoms with Gasteiger partial charge in [-0.15, -0.1) is 0 Å². The molecule has 4 heteroatoms. The van der Waals surface area contributed by atoms with E-state index < -0.39 is 0 Å². The van der Waals surface area contributed by atoms with Crippen LogP contribution >= 0.6 is 0 Å². The summed E-state index contributed by atoms with van der Waals surface area (Å²) in [7, 11) is 0. The van der Waals surface area contributed by atoms with Crippen molar-refractivity contribution in [3.05, 3.63) is 0 Å². The maximum atomic E-state index is 12.8. The predicted octanol–water partition coefficient (Wildman–Crippen LogP) is 3.52. The molecule has 0 amide bonds. The van der Waals surface area contributed by atoms with Crippen LogP contribution in [0.5, 0.6) is 0 Å². The largest absolute Gasteiger partial charge is 0.466 e. The van der Waals surface area contributed by atoms with E-state index in [-0.39, 0.29) is 23.8 Å². The highest BCUT2D eigenvalue weighted by Gasteiger charge is 2.54. The number of carbonyl (C=O) groups excluding carboxylic acids is 2. The van der Waals surface area contributed by atoms with Gasteiger partial charge in [-0.25, -0.2) is 0 Å². The van der Waals surface area contributed by atoms with Crippen molar-refractivity contribution in [2.45, 2.75) is 77.4 Å². The van der Waals surface area contributed by atoms with Crippen LogP contribution in [0.3, 0.4) is 0 Å². The van der Waals surface area contributed by atoms with Crippen LogP contribution in [0.15, 0.2) is 0 Å². The first-order valence-corrected chi connectivity index (χ1v) is 9.48. The van der Waals surface area contributed by atoms with Crippen LogP contribution in [0.25, 0.3) is 0 Å². The van der Waals surface area contributed by atoms with Crippen molar-refractivity contribution in [1.29, 1.82) is 0 Å². The number of fused-ring (bicyclic) bond motifs is 1. The zero-order chi connectivity index (χ0) is 16.4. The summed E-state index contributed by atoms with van der Waals surface area (Å²) in [6.07, 6.45) is 7.89. The smallest absolute Gasteiger partial charge is 0.309 e. The minimum absolute atomic E-state index is 0.138. The third-order valence-corrected chi connectivity index (χ3v) is 6.11. The third-order valence-electron chi connectivity index (χ3n) is 6.11. The number of unbranched alkanes of at least 4 members (excludes halogenated alkanes) is 1. The summed E-state index contributed by atoms with van der Waals surface area (Å²) in [5.74, 6) is 1.40. The van der Waals surface area contributed by atoms with Crippen molar-refractivity contribution in [2.75, 3.05) is 6.61 Å². The molecule has 0 N–H and O–H groups in total. The van der Waals surface area contributed by atoms with Gasteiger partial charge in [-0.1, -0.05) is 19.8 Å². The maximum Gasteiger partial charge on any atom is 0.309 e. The van der Waals surface area contributed by atoms with Gasteiger partial charge in [-0.05, 0) is 56.8 Å². The average molecular weight is 322 g/mol. The number of Topliss-reactive ketones (excluding diaryl/α,β-unsaturated/α-hetero) is 1. The number of carbonyl (C=O) groups is 2. The lowest BCUT2D eigenvalue weighted by atomic mass is 9.63. The van der Waals surface area contributed by atoms with E-state index >= 15 is 0 Å². The Kier molecular flexibility index (Phi) is 5.40. The van der Waals surface area contributed by atoms with Crippen LogP contribution in [0.2, 0.25) is 0 Å². The van der Waals surface area contributed by atoms with E-state index in [1.807, 2.05) is 6.92 Å². The molecular weight excluding hydrogens is 292 g/mol. The summed E-state index contributed by atoms with van der Waals surface area (Å²) in [5.41, 5.74) is 0. The standard InChI is InChI=1S/C19H30O4/c1-3-5-6-13(19(21)22-4-2)11-16(20)18-15-9-12-7-8-14(15)17(10-12)23-18/h12-15,17-18H,3-11H2,1-2H3. The lowest BCUT2D eigenvalue weighted by molar-refractivity contribution is -0.151. The van der Waals surface area contributed by atoms with E-state index in [9.17, 15) is 9.59 Å². The normalized spacial score (nSPS) is 36.0. The van der Waals surface area contributed by atoms with Gasteiger partial charge in [-0.2, -0.15) is 0 Å². The second kappa shape index (κ2) is 7.33. The number of hydrogen-bond acceptors (Lipinski definition) is 4. The molecule has 0 aromatic carbocycles. The van der Waals surface area contributed by atoms with Crippen molar-refractivity contribution < 1.29 is 19.1 Å².